The smallest absolute Gasteiger partial charge is 0.152 e. The normalized spacial score (nSPS) is 26.0. The van der Waals surface area contributed by atoms with Gasteiger partial charge in [0.05, 0.1) is 23.7 Å². The first-order valence-corrected chi connectivity index (χ1v) is 9.88. The summed E-state index contributed by atoms with van der Waals surface area (Å²) in [6.07, 6.45) is 2.30. The first-order chi connectivity index (χ1) is 9.75. The van der Waals surface area contributed by atoms with E-state index < -0.39 is 9.84 Å². The van der Waals surface area contributed by atoms with Crippen LogP contribution in [-0.4, -0.2) is 80.7 Å². The molecule has 2 aliphatic heterocycles. The second-order valence-electron chi connectivity index (χ2n) is 7.22. The topological polar surface area (TPSA) is 49.9 Å². The molecule has 0 saturated carbocycles. The predicted molar refractivity (Wildman–Crippen MR) is 85.4 cm³/mol. The number of hydrogen-bond donors (Lipinski definition) is 0. The summed E-state index contributed by atoms with van der Waals surface area (Å²) in [6.45, 7) is 11.7. The van der Waals surface area contributed by atoms with Crippen LogP contribution in [0.5, 0.6) is 0 Å². The molecule has 2 saturated heterocycles. The SMILES string of the molecule is CC(C)(C)OCCN1CCC(N2CCS(=O)(=O)CC2)CC1. The van der Waals surface area contributed by atoms with Crippen molar-refractivity contribution in [3.05, 3.63) is 0 Å². The van der Waals surface area contributed by atoms with Gasteiger partial charge in [0, 0.05) is 25.7 Å². The van der Waals surface area contributed by atoms with Crippen LogP contribution in [-0.2, 0) is 14.6 Å². The third-order valence-electron chi connectivity index (χ3n) is 4.40. The molecule has 0 amide bonds. The Morgan fingerprint density at radius 2 is 1.62 bits per heavy atom. The molecule has 2 aliphatic rings. The molecule has 0 bridgehead atoms. The van der Waals surface area contributed by atoms with Crippen LogP contribution < -0.4 is 0 Å². The molecular formula is C15H30N2O3S. The van der Waals surface area contributed by atoms with E-state index in [1.807, 2.05) is 0 Å². The summed E-state index contributed by atoms with van der Waals surface area (Å²) in [7, 11) is -2.76. The minimum atomic E-state index is -2.76. The fourth-order valence-corrected chi connectivity index (χ4v) is 4.31. The lowest BCUT2D eigenvalue weighted by Gasteiger charge is -2.40. The third kappa shape index (κ3) is 5.85. The molecular weight excluding hydrogens is 288 g/mol. The zero-order valence-corrected chi connectivity index (χ0v) is 14.5. The van der Waals surface area contributed by atoms with Gasteiger partial charge in [0.15, 0.2) is 9.84 Å². The van der Waals surface area contributed by atoms with Crippen molar-refractivity contribution >= 4 is 9.84 Å². The molecule has 0 aromatic rings. The van der Waals surface area contributed by atoms with Gasteiger partial charge in [-0.05, 0) is 46.7 Å². The van der Waals surface area contributed by atoms with Crippen LogP contribution in [0.4, 0.5) is 0 Å². The maximum absolute atomic E-state index is 11.5. The molecule has 0 atom stereocenters. The summed E-state index contributed by atoms with van der Waals surface area (Å²) in [6, 6.07) is 0.570. The van der Waals surface area contributed by atoms with Gasteiger partial charge in [-0.25, -0.2) is 8.42 Å². The maximum Gasteiger partial charge on any atom is 0.152 e. The van der Waals surface area contributed by atoms with E-state index in [1.54, 1.807) is 0 Å². The molecule has 5 nitrogen and oxygen atoms in total. The minimum absolute atomic E-state index is 0.0579. The van der Waals surface area contributed by atoms with E-state index in [-0.39, 0.29) is 5.60 Å². The predicted octanol–water partition coefficient (Wildman–Crippen LogP) is 0.996. The van der Waals surface area contributed by atoms with Crippen molar-refractivity contribution in [3.63, 3.8) is 0 Å². The van der Waals surface area contributed by atoms with Crippen molar-refractivity contribution in [1.82, 2.24) is 9.80 Å². The largest absolute Gasteiger partial charge is 0.375 e. The van der Waals surface area contributed by atoms with Crippen molar-refractivity contribution in [2.45, 2.75) is 45.3 Å². The molecule has 2 heterocycles. The number of nitrogens with zero attached hydrogens (tertiary/aromatic N) is 2. The van der Waals surface area contributed by atoms with E-state index in [0.717, 1.165) is 52.2 Å². The van der Waals surface area contributed by atoms with E-state index in [9.17, 15) is 8.42 Å². The second kappa shape index (κ2) is 6.94. The Balaban J connectivity index is 1.67. The highest BCUT2D eigenvalue weighted by atomic mass is 32.2. The summed E-state index contributed by atoms with van der Waals surface area (Å²) in [5.74, 6) is 0.680. The van der Waals surface area contributed by atoms with Crippen LogP contribution in [0.15, 0.2) is 0 Å². The van der Waals surface area contributed by atoms with Gasteiger partial charge in [-0.2, -0.15) is 0 Å². The summed E-state index contributed by atoms with van der Waals surface area (Å²) in [4.78, 5) is 4.84. The van der Waals surface area contributed by atoms with Crippen LogP contribution in [0.2, 0.25) is 0 Å². The van der Waals surface area contributed by atoms with E-state index in [1.165, 1.54) is 0 Å². The van der Waals surface area contributed by atoms with E-state index >= 15 is 0 Å². The van der Waals surface area contributed by atoms with Crippen LogP contribution in [0.3, 0.4) is 0 Å². The van der Waals surface area contributed by atoms with Gasteiger partial charge < -0.3 is 9.64 Å². The second-order valence-corrected chi connectivity index (χ2v) is 9.53. The monoisotopic (exact) mass is 318 g/mol. The molecule has 0 aromatic carbocycles. The Labute approximate surface area is 129 Å². The zero-order chi connectivity index (χ0) is 15.5. The summed E-state index contributed by atoms with van der Waals surface area (Å²) in [5.41, 5.74) is -0.0579. The molecule has 2 fully saturated rings. The summed E-state index contributed by atoms with van der Waals surface area (Å²) in [5, 5.41) is 0. The summed E-state index contributed by atoms with van der Waals surface area (Å²) >= 11 is 0. The highest BCUT2D eigenvalue weighted by Gasteiger charge is 2.29. The molecule has 0 aliphatic carbocycles. The fourth-order valence-electron chi connectivity index (χ4n) is 3.08. The van der Waals surface area contributed by atoms with Gasteiger partial charge >= 0.3 is 0 Å². The highest BCUT2D eigenvalue weighted by molar-refractivity contribution is 7.91. The van der Waals surface area contributed by atoms with Crippen molar-refractivity contribution in [2.75, 3.05) is 50.8 Å². The first-order valence-electron chi connectivity index (χ1n) is 8.06. The molecule has 2 rings (SSSR count). The Morgan fingerprint density at radius 1 is 1.05 bits per heavy atom. The van der Waals surface area contributed by atoms with Crippen LogP contribution in [0.25, 0.3) is 0 Å². The lowest BCUT2D eigenvalue weighted by atomic mass is 10.0. The number of piperidine rings is 1. The van der Waals surface area contributed by atoms with E-state index in [4.69, 9.17) is 4.74 Å². The Hall–Kier alpha value is -0.170. The molecule has 124 valence electrons. The lowest BCUT2D eigenvalue weighted by molar-refractivity contribution is -0.0175. The van der Waals surface area contributed by atoms with Gasteiger partial charge in [0.1, 0.15) is 0 Å². The molecule has 0 N–H and O–H groups in total. The number of likely N-dealkylation sites (tertiary alicyclic amines) is 1. The van der Waals surface area contributed by atoms with E-state index in [0.29, 0.717) is 17.5 Å². The number of sulfone groups is 1. The quantitative estimate of drug-likeness (QED) is 0.774. The lowest BCUT2D eigenvalue weighted by Crippen LogP contribution is -2.50. The molecule has 6 heteroatoms. The van der Waals surface area contributed by atoms with Crippen LogP contribution in [0.1, 0.15) is 33.6 Å². The van der Waals surface area contributed by atoms with Crippen molar-refractivity contribution < 1.29 is 13.2 Å². The standard InChI is InChI=1S/C15H30N2O3S/c1-15(2,3)20-11-8-16-6-4-14(5-7-16)17-9-12-21(18,19)13-10-17/h14H,4-13H2,1-3H3. The minimum Gasteiger partial charge on any atom is -0.375 e. The molecule has 0 spiro atoms. The van der Waals surface area contributed by atoms with Crippen molar-refractivity contribution in [2.24, 2.45) is 0 Å². The van der Waals surface area contributed by atoms with Crippen molar-refractivity contribution in [1.29, 1.82) is 0 Å². The zero-order valence-electron chi connectivity index (χ0n) is 13.7. The summed E-state index contributed by atoms with van der Waals surface area (Å²) < 4.78 is 28.7. The molecule has 0 radical (unpaired) electrons. The van der Waals surface area contributed by atoms with Gasteiger partial charge in [0.2, 0.25) is 0 Å². The Morgan fingerprint density at radius 3 is 2.14 bits per heavy atom. The van der Waals surface area contributed by atoms with Gasteiger partial charge in [-0.15, -0.1) is 0 Å². The third-order valence-corrected chi connectivity index (χ3v) is 6.00. The maximum atomic E-state index is 11.5. The number of ether oxygens (including phenoxy) is 1. The highest BCUT2D eigenvalue weighted by Crippen LogP contribution is 2.19. The Kier molecular flexibility index (Phi) is 5.68. The number of hydrogen-bond acceptors (Lipinski definition) is 5. The van der Waals surface area contributed by atoms with Crippen molar-refractivity contribution in [3.8, 4) is 0 Å². The van der Waals surface area contributed by atoms with Crippen LogP contribution in [0, 0.1) is 0 Å². The molecule has 21 heavy (non-hydrogen) atoms. The molecule has 0 aromatic heterocycles. The Bertz CT molecular complexity index is 409. The number of rotatable bonds is 4. The van der Waals surface area contributed by atoms with Gasteiger partial charge in [-0.1, -0.05) is 0 Å². The van der Waals surface area contributed by atoms with Crippen LogP contribution >= 0.6 is 0 Å². The first kappa shape index (κ1) is 17.2. The average Bonchev–Trinajstić information content (AvgIpc) is 2.38. The molecule has 0 unspecified atom stereocenters. The fraction of sp³-hybridized carbons (Fsp3) is 1.00. The van der Waals surface area contributed by atoms with E-state index in [2.05, 4.69) is 30.6 Å². The average molecular weight is 318 g/mol. The van der Waals surface area contributed by atoms with Gasteiger partial charge in [-0.3, -0.25) is 4.90 Å². The van der Waals surface area contributed by atoms with Gasteiger partial charge in [0.25, 0.3) is 0 Å².